The number of Topliss-reactive ketones (excluding diaryl/α,β-unsaturated/α-hetero) is 1. The van der Waals surface area contributed by atoms with Crippen molar-refractivity contribution in [3.05, 3.63) is 94.5 Å². The standard InChI is InChI=1S/C22H15ClN2O3/c23-19-12-15(13-24)6-11-21(19)28-14-20(26)16-7-9-18(10-8-16)25-22(27)17-4-2-1-3-5-17/h1-12H,14H2,(H,25,27). The number of ketones is 1. The molecule has 0 saturated heterocycles. The molecule has 0 radical (unpaired) electrons. The molecule has 3 rings (SSSR count). The topological polar surface area (TPSA) is 79.2 Å². The van der Waals surface area contributed by atoms with Gasteiger partial charge >= 0.3 is 0 Å². The summed E-state index contributed by atoms with van der Waals surface area (Å²) >= 11 is 6.03. The van der Waals surface area contributed by atoms with Crippen LogP contribution in [0.4, 0.5) is 5.69 Å². The highest BCUT2D eigenvalue weighted by atomic mass is 35.5. The van der Waals surface area contributed by atoms with Gasteiger partial charge in [-0.05, 0) is 54.6 Å². The van der Waals surface area contributed by atoms with Gasteiger partial charge in [-0.25, -0.2) is 0 Å². The average Bonchev–Trinajstić information content (AvgIpc) is 2.73. The third-order valence-electron chi connectivity index (χ3n) is 3.92. The first kappa shape index (κ1) is 19.2. The number of hydrogen-bond donors (Lipinski definition) is 1. The fraction of sp³-hybridized carbons (Fsp3) is 0.0455. The minimum Gasteiger partial charge on any atom is -0.484 e. The lowest BCUT2D eigenvalue weighted by atomic mass is 10.1. The van der Waals surface area contributed by atoms with Gasteiger partial charge in [-0.2, -0.15) is 5.26 Å². The summed E-state index contributed by atoms with van der Waals surface area (Å²) in [5.41, 5.74) is 2.00. The minimum absolute atomic E-state index is 0.193. The first-order valence-electron chi connectivity index (χ1n) is 8.39. The highest BCUT2D eigenvalue weighted by Crippen LogP contribution is 2.25. The number of rotatable bonds is 6. The molecule has 3 aromatic rings. The number of carbonyl (C=O) groups excluding carboxylic acids is 2. The van der Waals surface area contributed by atoms with E-state index in [0.29, 0.717) is 28.1 Å². The van der Waals surface area contributed by atoms with E-state index in [1.54, 1.807) is 60.7 Å². The predicted octanol–water partition coefficient (Wildman–Crippen LogP) is 4.73. The molecule has 1 amide bonds. The molecule has 3 aromatic carbocycles. The van der Waals surface area contributed by atoms with Gasteiger partial charge < -0.3 is 10.1 Å². The molecule has 0 heterocycles. The van der Waals surface area contributed by atoms with E-state index in [4.69, 9.17) is 21.6 Å². The zero-order chi connectivity index (χ0) is 19.9. The second-order valence-electron chi connectivity index (χ2n) is 5.87. The second kappa shape index (κ2) is 8.85. The minimum atomic E-state index is -0.235. The summed E-state index contributed by atoms with van der Waals surface area (Å²) in [7, 11) is 0. The molecule has 5 nitrogen and oxygen atoms in total. The van der Waals surface area contributed by atoms with E-state index in [-0.39, 0.29) is 23.3 Å². The smallest absolute Gasteiger partial charge is 0.255 e. The Labute approximate surface area is 167 Å². The lowest BCUT2D eigenvalue weighted by Gasteiger charge is -2.09. The molecule has 0 aliphatic heterocycles. The number of hydrogen-bond acceptors (Lipinski definition) is 4. The lowest BCUT2D eigenvalue weighted by molar-refractivity contribution is 0.0921. The van der Waals surface area contributed by atoms with Crippen LogP contribution in [0.5, 0.6) is 5.75 Å². The molecule has 28 heavy (non-hydrogen) atoms. The SMILES string of the molecule is N#Cc1ccc(OCC(=O)c2ccc(NC(=O)c3ccccc3)cc2)c(Cl)c1. The van der Waals surface area contributed by atoms with Gasteiger partial charge in [0.05, 0.1) is 16.7 Å². The lowest BCUT2D eigenvalue weighted by Crippen LogP contribution is -2.13. The van der Waals surface area contributed by atoms with Gasteiger partial charge in [0.25, 0.3) is 5.91 Å². The summed E-state index contributed by atoms with van der Waals surface area (Å²) in [4.78, 5) is 24.4. The molecule has 0 aromatic heterocycles. The van der Waals surface area contributed by atoms with Gasteiger partial charge in [0.15, 0.2) is 12.4 Å². The number of halogens is 1. The number of nitrogens with one attached hydrogen (secondary N) is 1. The summed E-state index contributed by atoms with van der Waals surface area (Å²) < 4.78 is 5.44. The summed E-state index contributed by atoms with van der Waals surface area (Å²) in [5.74, 6) is -0.124. The van der Waals surface area contributed by atoms with Crippen molar-refractivity contribution < 1.29 is 14.3 Å². The van der Waals surface area contributed by atoms with Crippen molar-refractivity contribution >= 4 is 29.0 Å². The van der Waals surface area contributed by atoms with Crippen molar-refractivity contribution in [2.45, 2.75) is 0 Å². The molecular weight excluding hydrogens is 376 g/mol. The number of ether oxygens (including phenoxy) is 1. The van der Waals surface area contributed by atoms with Gasteiger partial charge in [-0.1, -0.05) is 29.8 Å². The number of nitriles is 1. The van der Waals surface area contributed by atoms with Crippen LogP contribution in [0.15, 0.2) is 72.8 Å². The zero-order valence-corrected chi connectivity index (χ0v) is 15.4. The van der Waals surface area contributed by atoms with Crippen LogP contribution in [0.3, 0.4) is 0 Å². The predicted molar refractivity (Wildman–Crippen MR) is 107 cm³/mol. The van der Waals surface area contributed by atoms with E-state index in [1.165, 1.54) is 6.07 Å². The number of nitrogens with zero attached hydrogens (tertiary/aromatic N) is 1. The summed E-state index contributed by atoms with van der Waals surface area (Å²) in [6.07, 6.45) is 0. The first-order chi connectivity index (χ1) is 13.6. The van der Waals surface area contributed by atoms with Crippen LogP contribution >= 0.6 is 11.6 Å². The van der Waals surface area contributed by atoms with E-state index in [9.17, 15) is 9.59 Å². The normalized spacial score (nSPS) is 10.0. The Morgan fingerprint density at radius 3 is 2.32 bits per heavy atom. The monoisotopic (exact) mass is 390 g/mol. The highest BCUT2D eigenvalue weighted by molar-refractivity contribution is 6.32. The zero-order valence-electron chi connectivity index (χ0n) is 14.7. The second-order valence-corrected chi connectivity index (χ2v) is 6.27. The maximum absolute atomic E-state index is 12.3. The van der Waals surface area contributed by atoms with Crippen molar-refractivity contribution in [2.75, 3.05) is 11.9 Å². The Kier molecular flexibility index (Phi) is 6.05. The van der Waals surface area contributed by atoms with Gasteiger partial charge in [0.1, 0.15) is 5.75 Å². The molecule has 0 aliphatic carbocycles. The molecule has 0 atom stereocenters. The number of anilines is 1. The van der Waals surface area contributed by atoms with E-state index in [2.05, 4.69) is 5.32 Å². The molecule has 0 unspecified atom stereocenters. The molecule has 0 bridgehead atoms. The van der Waals surface area contributed by atoms with Crippen LogP contribution < -0.4 is 10.1 Å². The van der Waals surface area contributed by atoms with Crippen molar-refractivity contribution in [2.24, 2.45) is 0 Å². The third kappa shape index (κ3) is 4.76. The Morgan fingerprint density at radius 2 is 1.68 bits per heavy atom. The molecule has 1 N–H and O–H groups in total. The quantitative estimate of drug-likeness (QED) is 0.617. The van der Waals surface area contributed by atoms with Crippen molar-refractivity contribution in [1.29, 1.82) is 5.26 Å². The largest absolute Gasteiger partial charge is 0.484 e. The van der Waals surface area contributed by atoms with Crippen molar-refractivity contribution in [3.8, 4) is 11.8 Å². The Morgan fingerprint density at radius 1 is 0.964 bits per heavy atom. The highest BCUT2D eigenvalue weighted by Gasteiger charge is 2.10. The molecule has 0 aliphatic rings. The molecule has 138 valence electrons. The number of benzene rings is 3. The van der Waals surface area contributed by atoms with Crippen LogP contribution in [0.25, 0.3) is 0 Å². The first-order valence-corrected chi connectivity index (χ1v) is 8.77. The van der Waals surface area contributed by atoms with Crippen molar-refractivity contribution in [1.82, 2.24) is 0 Å². The fourth-order valence-electron chi connectivity index (χ4n) is 2.45. The van der Waals surface area contributed by atoms with Crippen molar-refractivity contribution in [3.63, 3.8) is 0 Å². The third-order valence-corrected chi connectivity index (χ3v) is 4.22. The Balaban J connectivity index is 1.59. The summed E-state index contributed by atoms with van der Waals surface area (Å²) in [6, 6.07) is 22.0. The summed E-state index contributed by atoms with van der Waals surface area (Å²) in [5, 5.41) is 11.9. The molecule has 0 spiro atoms. The Bertz CT molecular complexity index is 1040. The fourth-order valence-corrected chi connectivity index (χ4v) is 2.68. The molecular formula is C22H15ClN2O3. The molecule has 0 fully saturated rings. The van der Waals surface area contributed by atoms with Crippen LogP contribution in [-0.2, 0) is 0 Å². The van der Waals surface area contributed by atoms with Gasteiger partial charge in [0, 0.05) is 16.8 Å². The molecule has 0 saturated carbocycles. The summed E-state index contributed by atoms with van der Waals surface area (Å²) in [6.45, 7) is -0.193. The van der Waals surface area contributed by atoms with Crippen LogP contribution in [0.2, 0.25) is 5.02 Å². The molecule has 6 heteroatoms. The van der Waals surface area contributed by atoms with Crippen LogP contribution in [0.1, 0.15) is 26.3 Å². The average molecular weight is 391 g/mol. The number of amides is 1. The van der Waals surface area contributed by atoms with E-state index >= 15 is 0 Å². The van der Waals surface area contributed by atoms with E-state index in [0.717, 1.165) is 0 Å². The van der Waals surface area contributed by atoms with E-state index < -0.39 is 0 Å². The maximum atomic E-state index is 12.3. The van der Waals surface area contributed by atoms with Gasteiger partial charge in [-0.3, -0.25) is 9.59 Å². The van der Waals surface area contributed by atoms with Crippen LogP contribution in [0, 0.1) is 11.3 Å². The Hall–Kier alpha value is -3.62. The van der Waals surface area contributed by atoms with Crippen LogP contribution in [-0.4, -0.2) is 18.3 Å². The van der Waals surface area contributed by atoms with Gasteiger partial charge in [0.2, 0.25) is 0 Å². The maximum Gasteiger partial charge on any atom is 0.255 e. The van der Waals surface area contributed by atoms with Gasteiger partial charge in [-0.15, -0.1) is 0 Å². The number of carbonyl (C=O) groups is 2. The van der Waals surface area contributed by atoms with E-state index in [1.807, 2.05) is 12.1 Å².